The number of rotatable bonds is 3. The maximum Gasteiger partial charge on any atom is 0.257 e. The number of carbonyl (C=O) groups is 2. The first-order valence-corrected chi connectivity index (χ1v) is 8.41. The smallest absolute Gasteiger partial charge is 0.257 e. The normalized spacial score (nSPS) is 15.0. The van der Waals surface area contributed by atoms with Crippen molar-refractivity contribution < 1.29 is 9.59 Å². The van der Waals surface area contributed by atoms with Crippen molar-refractivity contribution >= 4 is 29.1 Å². The summed E-state index contributed by atoms with van der Waals surface area (Å²) in [6, 6.07) is 8.28. The van der Waals surface area contributed by atoms with Gasteiger partial charge in [-0.05, 0) is 37.4 Å². The summed E-state index contributed by atoms with van der Waals surface area (Å²) in [5, 5.41) is 3.12. The van der Waals surface area contributed by atoms with Crippen molar-refractivity contribution in [2.75, 3.05) is 38.5 Å². The number of amides is 2. The molecule has 1 fully saturated rings. The minimum Gasteiger partial charge on any atom is -0.336 e. The fourth-order valence-corrected chi connectivity index (χ4v) is 2.80. The Labute approximate surface area is 151 Å². The molecule has 0 spiro atoms. The van der Waals surface area contributed by atoms with Crippen molar-refractivity contribution in [1.82, 2.24) is 14.8 Å². The number of hydrogen-bond donors (Lipinski definition) is 1. The lowest BCUT2D eigenvalue weighted by Crippen LogP contribution is -2.47. The molecular formula is C18H19ClN4O2. The van der Waals surface area contributed by atoms with Crippen LogP contribution in [0.5, 0.6) is 0 Å². The van der Waals surface area contributed by atoms with Crippen LogP contribution < -0.4 is 5.32 Å². The molecule has 130 valence electrons. The predicted molar refractivity (Wildman–Crippen MR) is 97.0 cm³/mol. The summed E-state index contributed by atoms with van der Waals surface area (Å²) in [7, 11) is 2.04. The molecule has 25 heavy (non-hydrogen) atoms. The Bertz CT molecular complexity index is 774. The summed E-state index contributed by atoms with van der Waals surface area (Å²) in [5.41, 5.74) is 1.35. The first-order valence-electron chi connectivity index (χ1n) is 8.03. The van der Waals surface area contributed by atoms with E-state index in [9.17, 15) is 9.59 Å². The van der Waals surface area contributed by atoms with E-state index in [-0.39, 0.29) is 11.8 Å². The quantitative estimate of drug-likeness (QED) is 0.914. The van der Waals surface area contributed by atoms with Crippen LogP contribution in [0.25, 0.3) is 0 Å². The number of aromatic nitrogens is 1. The molecule has 0 radical (unpaired) electrons. The zero-order valence-electron chi connectivity index (χ0n) is 13.9. The van der Waals surface area contributed by atoms with Gasteiger partial charge in [0.1, 0.15) is 0 Å². The molecule has 0 atom stereocenters. The summed E-state index contributed by atoms with van der Waals surface area (Å²) >= 11 is 6.18. The average molecular weight is 359 g/mol. The van der Waals surface area contributed by atoms with Crippen LogP contribution >= 0.6 is 11.6 Å². The van der Waals surface area contributed by atoms with E-state index in [0.717, 1.165) is 13.1 Å². The summed E-state index contributed by atoms with van der Waals surface area (Å²) < 4.78 is 0. The van der Waals surface area contributed by atoms with Gasteiger partial charge in [0.05, 0.1) is 16.3 Å². The molecule has 3 rings (SSSR count). The van der Waals surface area contributed by atoms with Crippen LogP contribution in [0.4, 0.5) is 5.69 Å². The number of piperazine rings is 1. The number of hydrogen-bond acceptors (Lipinski definition) is 4. The molecule has 1 saturated heterocycles. The van der Waals surface area contributed by atoms with Crippen molar-refractivity contribution in [3.63, 3.8) is 0 Å². The first kappa shape index (κ1) is 17.4. The van der Waals surface area contributed by atoms with Crippen molar-refractivity contribution in [3.8, 4) is 0 Å². The van der Waals surface area contributed by atoms with E-state index in [1.165, 1.54) is 6.20 Å². The molecule has 1 aromatic heterocycles. The molecule has 1 N–H and O–H groups in total. The molecule has 7 heteroatoms. The number of halogens is 1. The highest BCUT2D eigenvalue weighted by molar-refractivity contribution is 6.34. The van der Waals surface area contributed by atoms with Crippen LogP contribution in [0.1, 0.15) is 20.7 Å². The van der Waals surface area contributed by atoms with Gasteiger partial charge in [0.25, 0.3) is 11.8 Å². The molecule has 1 aliphatic rings. The zero-order chi connectivity index (χ0) is 17.8. The Balaban J connectivity index is 1.76. The molecule has 0 bridgehead atoms. The van der Waals surface area contributed by atoms with Gasteiger partial charge in [-0.15, -0.1) is 0 Å². The highest BCUT2D eigenvalue weighted by Crippen LogP contribution is 2.24. The van der Waals surface area contributed by atoms with Gasteiger partial charge in [0.2, 0.25) is 0 Å². The number of nitrogens with zero attached hydrogens (tertiary/aromatic N) is 3. The lowest BCUT2D eigenvalue weighted by molar-refractivity contribution is 0.0664. The number of nitrogens with one attached hydrogen (secondary N) is 1. The van der Waals surface area contributed by atoms with E-state index >= 15 is 0 Å². The molecule has 6 nitrogen and oxygen atoms in total. The zero-order valence-corrected chi connectivity index (χ0v) is 14.7. The summed E-state index contributed by atoms with van der Waals surface area (Å²) in [4.78, 5) is 32.9. The van der Waals surface area contributed by atoms with Gasteiger partial charge < -0.3 is 15.1 Å². The molecule has 2 heterocycles. The molecule has 1 aliphatic heterocycles. The molecule has 0 saturated carbocycles. The SMILES string of the molecule is CN1CCN(C(=O)c2ccc(Cl)c(NC(=O)c3cccnc3)c2)CC1. The number of anilines is 1. The van der Waals surface area contributed by atoms with E-state index in [1.54, 1.807) is 36.5 Å². The molecule has 1 aromatic carbocycles. The largest absolute Gasteiger partial charge is 0.336 e. The third-order valence-electron chi connectivity index (χ3n) is 4.18. The van der Waals surface area contributed by atoms with Crippen LogP contribution in [0.2, 0.25) is 5.02 Å². The van der Waals surface area contributed by atoms with E-state index in [4.69, 9.17) is 11.6 Å². The fourth-order valence-electron chi connectivity index (χ4n) is 2.64. The molecule has 2 amide bonds. The van der Waals surface area contributed by atoms with Crippen molar-refractivity contribution in [2.45, 2.75) is 0 Å². The highest BCUT2D eigenvalue weighted by atomic mass is 35.5. The van der Waals surface area contributed by atoms with Gasteiger partial charge in [-0.2, -0.15) is 0 Å². The Morgan fingerprint density at radius 2 is 1.88 bits per heavy atom. The Hall–Kier alpha value is -2.44. The standard InChI is InChI=1S/C18H19ClN4O2/c1-22-7-9-23(10-8-22)18(25)13-4-5-15(19)16(11-13)21-17(24)14-3-2-6-20-12-14/h2-6,11-12H,7-10H2,1H3,(H,21,24). The van der Waals surface area contributed by atoms with Crippen LogP contribution in [0.15, 0.2) is 42.7 Å². The summed E-state index contributed by atoms with van der Waals surface area (Å²) in [6.07, 6.45) is 3.07. The van der Waals surface area contributed by atoms with Gasteiger partial charge in [-0.1, -0.05) is 11.6 Å². The third kappa shape index (κ3) is 4.15. The van der Waals surface area contributed by atoms with E-state index in [0.29, 0.717) is 34.9 Å². The Kier molecular flexibility index (Phi) is 5.31. The minimum absolute atomic E-state index is 0.0540. The number of benzene rings is 1. The lowest BCUT2D eigenvalue weighted by atomic mass is 10.1. The third-order valence-corrected chi connectivity index (χ3v) is 4.51. The molecule has 0 unspecified atom stereocenters. The van der Waals surface area contributed by atoms with Crippen molar-refractivity contribution in [1.29, 1.82) is 0 Å². The predicted octanol–water partition coefficient (Wildman–Crippen LogP) is 2.37. The molecular weight excluding hydrogens is 340 g/mol. The van der Waals surface area contributed by atoms with Crippen LogP contribution in [0.3, 0.4) is 0 Å². The maximum atomic E-state index is 12.7. The Morgan fingerprint density at radius 3 is 2.56 bits per heavy atom. The van der Waals surface area contributed by atoms with Crippen molar-refractivity contribution in [2.24, 2.45) is 0 Å². The van der Waals surface area contributed by atoms with E-state index in [2.05, 4.69) is 15.2 Å². The van der Waals surface area contributed by atoms with Gasteiger partial charge in [0, 0.05) is 44.1 Å². The fraction of sp³-hybridized carbons (Fsp3) is 0.278. The minimum atomic E-state index is -0.320. The van der Waals surface area contributed by atoms with Gasteiger partial charge in [-0.3, -0.25) is 14.6 Å². The van der Waals surface area contributed by atoms with Crippen LogP contribution in [-0.4, -0.2) is 59.8 Å². The van der Waals surface area contributed by atoms with Crippen LogP contribution in [0, 0.1) is 0 Å². The first-order chi connectivity index (χ1) is 12.0. The number of carbonyl (C=O) groups excluding carboxylic acids is 2. The lowest BCUT2D eigenvalue weighted by Gasteiger charge is -2.32. The second kappa shape index (κ2) is 7.63. The highest BCUT2D eigenvalue weighted by Gasteiger charge is 2.21. The van der Waals surface area contributed by atoms with Crippen LogP contribution in [-0.2, 0) is 0 Å². The summed E-state index contributed by atoms with van der Waals surface area (Å²) in [6.45, 7) is 3.08. The van der Waals surface area contributed by atoms with E-state index < -0.39 is 0 Å². The maximum absolute atomic E-state index is 12.7. The molecule has 2 aromatic rings. The monoisotopic (exact) mass is 358 g/mol. The molecule has 0 aliphatic carbocycles. The number of pyridine rings is 1. The van der Waals surface area contributed by atoms with E-state index in [1.807, 2.05) is 11.9 Å². The van der Waals surface area contributed by atoms with Gasteiger partial charge in [0.15, 0.2) is 0 Å². The average Bonchev–Trinajstić information content (AvgIpc) is 2.64. The Morgan fingerprint density at radius 1 is 1.12 bits per heavy atom. The summed E-state index contributed by atoms with van der Waals surface area (Å²) in [5.74, 6) is -0.374. The second-order valence-corrected chi connectivity index (χ2v) is 6.39. The van der Waals surface area contributed by atoms with Gasteiger partial charge in [-0.25, -0.2) is 0 Å². The number of likely N-dealkylation sites (N-methyl/N-ethyl adjacent to an activating group) is 1. The van der Waals surface area contributed by atoms with Crippen molar-refractivity contribution in [3.05, 3.63) is 58.9 Å². The second-order valence-electron chi connectivity index (χ2n) is 5.99. The van der Waals surface area contributed by atoms with Gasteiger partial charge >= 0.3 is 0 Å². The topological polar surface area (TPSA) is 65.5 Å².